The minimum absolute atomic E-state index is 0.121. The SMILES string of the molecule is NC1C=CN(C2OC(COC(=O)CCCCCCCCCCC(=O)O)C(O)C2(F)F)C(=O)N1. The van der Waals surface area contributed by atoms with Crippen LogP contribution in [0.1, 0.15) is 64.2 Å². The molecule has 0 aliphatic carbocycles. The van der Waals surface area contributed by atoms with Crippen LogP contribution in [-0.4, -0.2) is 70.2 Å². The van der Waals surface area contributed by atoms with E-state index in [4.69, 9.17) is 20.3 Å². The quantitative estimate of drug-likeness (QED) is 0.219. The number of hydrogen-bond donors (Lipinski definition) is 4. The van der Waals surface area contributed by atoms with Crippen molar-refractivity contribution in [3.63, 3.8) is 0 Å². The van der Waals surface area contributed by atoms with E-state index in [0.29, 0.717) is 17.7 Å². The average Bonchev–Trinajstić information content (AvgIpc) is 2.96. The van der Waals surface area contributed by atoms with Gasteiger partial charge in [0.25, 0.3) is 0 Å². The van der Waals surface area contributed by atoms with E-state index in [0.717, 1.165) is 44.7 Å². The van der Waals surface area contributed by atoms with Crippen molar-refractivity contribution in [3.8, 4) is 0 Å². The highest BCUT2D eigenvalue weighted by atomic mass is 19.3. The maximum absolute atomic E-state index is 14.5. The Balaban J connectivity index is 1.62. The Morgan fingerprint density at radius 2 is 1.70 bits per heavy atom. The number of aliphatic hydroxyl groups excluding tert-OH is 1. The van der Waals surface area contributed by atoms with Crippen molar-refractivity contribution in [1.29, 1.82) is 0 Å². The first-order valence-electron chi connectivity index (χ1n) is 11.2. The van der Waals surface area contributed by atoms with Crippen molar-refractivity contribution in [2.24, 2.45) is 5.73 Å². The van der Waals surface area contributed by atoms with E-state index in [1.807, 2.05) is 0 Å². The topological polar surface area (TPSA) is 151 Å². The number of rotatable bonds is 14. The van der Waals surface area contributed by atoms with E-state index in [1.54, 1.807) is 0 Å². The van der Waals surface area contributed by atoms with E-state index in [1.165, 1.54) is 6.08 Å². The third-order valence-electron chi connectivity index (χ3n) is 5.54. The Hall–Kier alpha value is -2.31. The number of aliphatic hydroxyl groups is 1. The van der Waals surface area contributed by atoms with Crippen molar-refractivity contribution in [2.45, 2.75) is 94.7 Å². The van der Waals surface area contributed by atoms with Gasteiger partial charge in [0.05, 0.1) is 6.17 Å². The third-order valence-corrected chi connectivity index (χ3v) is 5.54. The number of carboxylic acid groups (broad SMARTS) is 1. The molecule has 2 heterocycles. The van der Waals surface area contributed by atoms with Crippen LogP contribution in [0, 0.1) is 0 Å². The predicted molar refractivity (Wildman–Crippen MR) is 112 cm³/mol. The number of aliphatic carboxylic acids is 1. The second-order valence-corrected chi connectivity index (χ2v) is 8.28. The van der Waals surface area contributed by atoms with Gasteiger partial charge in [-0.1, -0.05) is 38.5 Å². The number of carbonyl (C=O) groups is 3. The molecule has 0 aromatic carbocycles. The summed E-state index contributed by atoms with van der Waals surface area (Å²) in [5.41, 5.74) is 5.49. The summed E-state index contributed by atoms with van der Waals surface area (Å²) in [4.78, 5) is 34.9. The number of esters is 1. The van der Waals surface area contributed by atoms with Crippen LogP contribution < -0.4 is 11.1 Å². The maximum atomic E-state index is 14.5. The third kappa shape index (κ3) is 8.20. The number of amides is 2. The van der Waals surface area contributed by atoms with Gasteiger partial charge >= 0.3 is 23.9 Å². The van der Waals surface area contributed by atoms with Gasteiger partial charge in [-0.2, -0.15) is 8.78 Å². The summed E-state index contributed by atoms with van der Waals surface area (Å²) in [6, 6.07) is -0.889. The fraction of sp³-hybridized carbons (Fsp3) is 0.762. The molecule has 0 spiro atoms. The van der Waals surface area contributed by atoms with Crippen LogP contribution in [0.5, 0.6) is 0 Å². The molecule has 2 aliphatic rings. The van der Waals surface area contributed by atoms with Crippen molar-refractivity contribution >= 4 is 18.0 Å². The van der Waals surface area contributed by atoms with Crippen LogP contribution in [0.2, 0.25) is 0 Å². The molecule has 1 saturated heterocycles. The lowest BCUT2D eigenvalue weighted by Crippen LogP contribution is -2.57. The van der Waals surface area contributed by atoms with Gasteiger partial charge in [0.1, 0.15) is 12.7 Å². The summed E-state index contributed by atoms with van der Waals surface area (Å²) in [5, 5.41) is 20.8. The highest BCUT2D eigenvalue weighted by Gasteiger charge is 2.61. The molecule has 33 heavy (non-hydrogen) atoms. The minimum Gasteiger partial charge on any atom is -0.481 e. The zero-order chi connectivity index (χ0) is 24.4. The van der Waals surface area contributed by atoms with Gasteiger partial charge in [-0.05, 0) is 18.9 Å². The number of halogens is 2. The lowest BCUT2D eigenvalue weighted by atomic mass is 10.1. The largest absolute Gasteiger partial charge is 0.481 e. The van der Waals surface area contributed by atoms with Gasteiger partial charge < -0.3 is 30.7 Å². The number of urea groups is 1. The lowest BCUT2D eigenvalue weighted by molar-refractivity contribution is -0.151. The summed E-state index contributed by atoms with van der Waals surface area (Å²) in [7, 11) is 0. The Kier molecular flexibility index (Phi) is 10.5. The van der Waals surface area contributed by atoms with Crippen molar-refractivity contribution in [3.05, 3.63) is 12.3 Å². The highest BCUT2D eigenvalue weighted by Crippen LogP contribution is 2.38. The summed E-state index contributed by atoms with van der Waals surface area (Å²) in [6.07, 6.45) is 2.96. The van der Waals surface area contributed by atoms with Crippen LogP contribution in [0.3, 0.4) is 0 Å². The van der Waals surface area contributed by atoms with Crippen LogP contribution in [0.15, 0.2) is 12.3 Å². The van der Waals surface area contributed by atoms with Crippen LogP contribution in [0.25, 0.3) is 0 Å². The van der Waals surface area contributed by atoms with Gasteiger partial charge in [-0.3, -0.25) is 14.5 Å². The fourth-order valence-electron chi connectivity index (χ4n) is 3.66. The first-order valence-corrected chi connectivity index (χ1v) is 11.2. The molecule has 0 aromatic heterocycles. The van der Waals surface area contributed by atoms with Crippen LogP contribution >= 0.6 is 0 Å². The van der Waals surface area contributed by atoms with Crippen LogP contribution in [0.4, 0.5) is 13.6 Å². The van der Waals surface area contributed by atoms with Gasteiger partial charge in [0.2, 0.25) is 6.23 Å². The van der Waals surface area contributed by atoms with Gasteiger partial charge in [-0.15, -0.1) is 0 Å². The predicted octanol–water partition coefficient (Wildman–Crippen LogP) is 2.06. The number of alkyl halides is 2. The van der Waals surface area contributed by atoms with Crippen molar-refractivity contribution in [1.82, 2.24) is 10.2 Å². The highest BCUT2D eigenvalue weighted by molar-refractivity contribution is 5.77. The molecule has 0 saturated carbocycles. The van der Waals surface area contributed by atoms with E-state index in [2.05, 4.69) is 5.32 Å². The first kappa shape index (κ1) is 26.9. The monoisotopic (exact) mass is 477 g/mol. The Morgan fingerprint density at radius 1 is 1.12 bits per heavy atom. The molecule has 0 aromatic rings. The molecule has 4 unspecified atom stereocenters. The Labute approximate surface area is 191 Å². The molecule has 4 atom stereocenters. The molecule has 2 rings (SSSR count). The number of nitrogens with two attached hydrogens (primary N) is 1. The second-order valence-electron chi connectivity index (χ2n) is 8.28. The smallest absolute Gasteiger partial charge is 0.325 e. The fourth-order valence-corrected chi connectivity index (χ4v) is 3.66. The summed E-state index contributed by atoms with van der Waals surface area (Å²) in [6.45, 7) is -0.554. The standard InChI is InChI=1S/C21H33F2N3O7/c22-21(23)18(30)14(33-19(21)26-12-11-15(24)25-20(26)31)13-32-17(29)10-8-6-4-2-1-3-5-7-9-16(27)28/h11-12,14-15,18-19,30H,1-10,13,24H2,(H,25,31)(H,27,28). The molecule has 0 bridgehead atoms. The second kappa shape index (κ2) is 12.8. The number of carboxylic acids is 1. The number of nitrogens with one attached hydrogen (secondary N) is 1. The molecular formula is C21H33F2N3O7. The maximum Gasteiger partial charge on any atom is 0.325 e. The van der Waals surface area contributed by atoms with Crippen LogP contribution in [-0.2, 0) is 19.1 Å². The molecular weight excluding hydrogens is 444 g/mol. The van der Waals surface area contributed by atoms with Crippen molar-refractivity contribution < 1.29 is 42.9 Å². The molecule has 5 N–H and O–H groups in total. The van der Waals surface area contributed by atoms with Gasteiger partial charge in [0, 0.05) is 19.0 Å². The molecule has 2 aliphatic heterocycles. The lowest BCUT2D eigenvalue weighted by Gasteiger charge is -2.32. The number of hydrogen-bond acceptors (Lipinski definition) is 7. The molecule has 10 nitrogen and oxygen atoms in total. The molecule has 2 amide bonds. The van der Waals surface area contributed by atoms with Crippen molar-refractivity contribution in [2.75, 3.05) is 6.61 Å². The zero-order valence-electron chi connectivity index (χ0n) is 18.5. The van der Waals surface area contributed by atoms with Gasteiger partial charge in [0.15, 0.2) is 6.10 Å². The molecule has 188 valence electrons. The number of nitrogens with zero attached hydrogens (tertiary/aromatic N) is 1. The summed E-state index contributed by atoms with van der Waals surface area (Å²) >= 11 is 0. The molecule has 0 radical (unpaired) electrons. The molecule has 12 heteroatoms. The number of carbonyl (C=O) groups excluding carboxylic acids is 2. The first-order chi connectivity index (χ1) is 15.6. The normalized spacial score (nSPS) is 26.3. The average molecular weight is 478 g/mol. The van der Waals surface area contributed by atoms with E-state index >= 15 is 0 Å². The van der Waals surface area contributed by atoms with Gasteiger partial charge in [-0.25, -0.2) is 4.79 Å². The minimum atomic E-state index is -3.77. The molecule has 1 fully saturated rings. The van der Waals surface area contributed by atoms with E-state index in [-0.39, 0.29) is 12.8 Å². The number of unbranched alkanes of at least 4 members (excludes halogenated alkanes) is 7. The summed E-state index contributed by atoms with van der Waals surface area (Å²) < 4.78 is 39.1. The summed E-state index contributed by atoms with van der Waals surface area (Å²) in [5.74, 6) is -5.12. The number of ether oxygens (including phenoxy) is 2. The Bertz CT molecular complexity index is 707. The zero-order valence-corrected chi connectivity index (χ0v) is 18.5. The Morgan fingerprint density at radius 3 is 2.27 bits per heavy atom. The van der Waals surface area contributed by atoms with E-state index < -0.39 is 55.1 Å². The van der Waals surface area contributed by atoms with E-state index in [9.17, 15) is 28.3 Å².